The Kier molecular flexibility index (Phi) is 4.17. The lowest BCUT2D eigenvalue weighted by Crippen LogP contribution is -2.35. The minimum Gasteiger partial charge on any atom is -0.489 e. The highest BCUT2D eigenvalue weighted by atomic mass is 19.1. The quantitative estimate of drug-likeness (QED) is 0.813. The average molecular weight is 388 g/mol. The van der Waals surface area contributed by atoms with Gasteiger partial charge in [0.2, 0.25) is 11.3 Å². The summed E-state index contributed by atoms with van der Waals surface area (Å²) in [4.78, 5) is 36.8. The van der Waals surface area contributed by atoms with Gasteiger partial charge in [-0.05, 0) is 32.8 Å². The number of halogens is 1. The van der Waals surface area contributed by atoms with E-state index in [4.69, 9.17) is 9.47 Å². The van der Waals surface area contributed by atoms with Crippen LogP contribution < -0.4 is 15.5 Å². The lowest BCUT2D eigenvalue weighted by Gasteiger charge is -2.31. The van der Waals surface area contributed by atoms with Crippen molar-refractivity contribution >= 4 is 22.8 Å². The van der Waals surface area contributed by atoms with E-state index < -0.39 is 22.8 Å². The summed E-state index contributed by atoms with van der Waals surface area (Å²) < 4.78 is 27.8. The smallest absolute Gasteiger partial charge is 0.343 e. The first-order chi connectivity index (χ1) is 13.3. The maximum absolute atomic E-state index is 15.2. The molecule has 0 spiro atoms. The zero-order valence-corrected chi connectivity index (χ0v) is 15.9. The molecule has 1 fully saturated rings. The molecule has 2 heterocycles. The number of pyridine rings is 1. The van der Waals surface area contributed by atoms with Crippen LogP contribution in [0.4, 0.5) is 4.39 Å². The molecule has 1 saturated carbocycles. The maximum Gasteiger partial charge on any atom is 0.343 e. The van der Waals surface area contributed by atoms with Crippen molar-refractivity contribution in [2.24, 2.45) is 0 Å². The van der Waals surface area contributed by atoms with Crippen molar-refractivity contribution in [2.75, 3.05) is 13.2 Å². The van der Waals surface area contributed by atoms with Gasteiger partial charge >= 0.3 is 5.97 Å². The monoisotopic (exact) mass is 388 g/mol. The van der Waals surface area contributed by atoms with Gasteiger partial charge in [0.05, 0.1) is 34.7 Å². The predicted molar refractivity (Wildman–Crippen MR) is 99.1 cm³/mol. The van der Waals surface area contributed by atoms with Gasteiger partial charge in [-0.2, -0.15) is 0 Å². The fraction of sp³-hybridized carbons (Fsp3) is 0.450. The number of esters is 1. The van der Waals surface area contributed by atoms with E-state index in [1.807, 2.05) is 6.92 Å². The summed E-state index contributed by atoms with van der Waals surface area (Å²) in [5.41, 5.74) is -0.854. The molecule has 7 nitrogen and oxygen atoms in total. The number of nitrogens with one attached hydrogen (secondary N) is 1. The Morgan fingerprint density at radius 1 is 1.43 bits per heavy atom. The molecule has 8 heteroatoms. The van der Waals surface area contributed by atoms with Crippen molar-refractivity contribution in [3.8, 4) is 5.75 Å². The number of carbonyl (C=O) groups is 2. The minimum absolute atomic E-state index is 0.0620. The molecule has 28 heavy (non-hydrogen) atoms. The highest BCUT2D eigenvalue weighted by Crippen LogP contribution is 2.52. The number of nitrogens with zero attached hydrogens (tertiary/aromatic N) is 1. The second kappa shape index (κ2) is 6.32. The van der Waals surface area contributed by atoms with Crippen molar-refractivity contribution in [2.45, 2.75) is 45.2 Å². The van der Waals surface area contributed by atoms with Crippen molar-refractivity contribution in [3.05, 3.63) is 39.4 Å². The summed E-state index contributed by atoms with van der Waals surface area (Å²) in [5.74, 6) is -1.37. The fourth-order valence-corrected chi connectivity index (χ4v) is 3.93. The molecular weight excluding hydrogens is 367 g/mol. The predicted octanol–water partition coefficient (Wildman–Crippen LogP) is 2.40. The largest absolute Gasteiger partial charge is 0.489 e. The molecule has 1 aromatic heterocycles. The zero-order chi connectivity index (χ0) is 20.2. The Bertz CT molecular complexity index is 1070. The molecule has 0 radical (unpaired) electrons. The summed E-state index contributed by atoms with van der Waals surface area (Å²) in [7, 11) is 0. The van der Waals surface area contributed by atoms with Crippen LogP contribution in [0.5, 0.6) is 5.75 Å². The van der Waals surface area contributed by atoms with Gasteiger partial charge in [0.1, 0.15) is 18.0 Å². The zero-order valence-electron chi connectivity index (χ0n) is 15.9. The molecule has 0 bridgehead atoms. The molecule has 1 aliphatic heterocycles. The molecule has 1 atom stereocenters. The molecule has 2 aliphatic rings. The van der Waals surface area contributed by atoms with Gasteiger partial charge in [0.25, 0.3) is 0 Å². The summed E-state index contributed by atoms with van der Waals surface area (Å²) in [5, 5.41) is 2.88. The van der Waals surface area contributed by atoms with Crippen LogP contribution in [-0.2, 0) is 15.1 Å². The van der Waals surface area contributed by atoms with Crippen LogP contribution in [0.2, 0.25) is 0 Å². The Morgan fingerprint density at radius 2 is 2.14 bits per heavy atom. The van der Waals surface area contributed by atoms with Gasteiger partial charge in [-0.25, -0.2) is 9.18 Å². The number of hydrogen-bond donors (Lipinski definition) is 1. The van der Waals surface area contributed by atoms with E-state index in [2.05, 4.69) is 5.32 Å². The van der Waals surface area contributed by atoms with Crippen molar-refractivity contribution in [3.63, 3.8) is 0 Å². The minimum atomic E-state index is -0.819. The number of benzene rings is 1. The van der Waals surface area contributed by atoms with Crippen LogP contribution >= 0.6 is 0 Å². The van der Waals surface area contributed by atoms with E-state index in [-0.39, 0.29) is 47.4 Å². The van der Waals surface area contributed by atoms with Crippen LogP contribution in [0.15, 0.2) is 17.1 Å². The van der Waals surface area contributed by atoms with E-state index >= 15 is 4.39 Å². The standard InChI is InChI=1S/C20H21FN2O5/c1-4-27-19(26)13-8-23-10(2)9-28-18-15(20(5-6-20)22-11(3)24)14(21)7-12(16(18)23)17(13)25/h7-8,10H,4-6,9H2,1-3H3,(H,22,24)/t10-/m0/s1. The van der Waals surface area contributed by atoms with Crippen LogP contribution in [0.1, 0.15) is 55.6 Å². The van der Waals surface area contributed by atoms with Gasteiger partial charge in [-0.15, -0.1) is 0 Å². The fourth-order valence-electron chi connectivity index (χ4n) is 3.93. The van der Waals surface area contributed by atoms with E-state index in [0.717, 1.165) is 6.07 Å². The SMILES string of the molecule is CCOC(=O)c1cn2c3c(c(C4(NC(C)=O)CC4)c(F)cc3c1=O)OC[C@@H]2C. The highest BCUT2D eigenvalue weighted by Gasteiger charge is 2.50. The van der Waals surface area contributed by atoms with E-state index in [9.17, 15) is 14.4 Å². The number of rotatable bonds is 4. The lowest BCUT2D eigenvalue weighted by atomic mass is 9.97. The molecule has 4 rings (SSSR count). The normalized spacial score (nSPS) is 19.1. The van der Waals surface area contributed by atoms with E-state index in [0.29, 0.717) is 18.4 Å². The molecule has 2 aromatic rings. The number of hydrogen-bond acceptors (Lipinski definition) is 5. The number of aromatic nitrogens is 1. The lowest BCUT2D eigenvalue weighted by molar-refractivity contribution is -0.120. The third-order valence-corrected chi connectivity index (χ3v) is 5.31. The molecule has 1 aliphatic carbocycles. The maximum atomic E-state index is 15.2. The van der Waals surface area contributed by atoms with Gasteiger partial charge in [0.15, 0.2) is 5.75 Å². The van der Waals surface area contributed by atoms with Crippen molar-refractivity contribution in [1.29, 1.82) is 0 Å². The van der Waals surface area contributed by atoms with Crippen molar-refractivity contribution < 1.29 is 23.5 Å². The highest BCUT2D eigenvalue weighted by molar-refractivity contribution is 5.96. The third kappa shape index (κ3) is 2.66. The molecule has 148 valence electrons. The second-order valence-corrected chi connectivity index (χ2v) is 7.38. The summed E-state index contributed by atoms with van der Waals surface area (Å²) in [6.45, 7) is 5.30. The first-order valence-corrected chi connectivity index (χ1v) is 9.29. The first-order valence-electron chi connectivity index (χ1n) is 9.29. The van der Waals surface area contributed by atoms with Gasteiger partial charge in [0, 0.05) is 13.1 Å². The van der Waals surface area contributed by atoms with Crippen LogP contribution in [-0.4, -0.2) is 29.7 Å². The Labute approximate surface area is 160 Å². The topological polar surface area (TPSA) is 86.6 Å². The summed E-state index contributed by atoms with van der Waals surface area (Å²) in [6.07, 6.45) is 2.64. The Morgan fingerprint density at radius 3 is 2.75 bits per heavy atom. The van der Waals surface area contributed by atoms with Gasteiger partial charge in [-0.3, -0.25) is 9.59 Å². The Hall–Kier alpha value is -2.90. The molecule has 1 N–H and O–H groups in total. The van der Waals surface area contributed by atoms with Crippen LogP contribution in [0, 0.1) is 5.82 Å². The number of carbonyl (C=O) groups excluding carboxylic acids is 2. The summed E-state index contributed by atoms with van der Waals surface area (Å²) >= 11 is 0. The molecule has 0 unspecified atom stereocenters. The van der Waals surface area contributed by atoms with Crippen LogP contribution in [0.3, 0.4) is 0 Å². The molecule has 1 aromatic carbocycles. The molecular formula is C20H21FN2O5. The summed E-state index contributed by atoms with van der Waals surface area (Å²) in [6, 6.07) is 0.969. The van der Waals surface area contributed by atoms with E-state index in [1.54, 1.807) is 11.5 Å². The Balaban J connectivity index is 2.03. The van der Waals surface area contributed by atoms with Crippen molar-refractivity contribution in [1.82, 2.24) is 9.88 Å². The first kappa shape index (κ1) is 18.5. The van der Waals surface area contributed by atoms with Gasteiger partial charge < -0.3 is 19.4 Å². The number of amides is 1. The van der Waals surface area contributed by atoms with Gasteiger partial charge in [-0.1, -0.05) is 0 Å². The number of ether oxygens (including phenoxy) is 2. The van der Waals surface area contributed by atoms with E-state index in [1.165, 1.54) is 13.1 Å². The second-order valence-electron chi connectivity index (χ2n) is 7.38. The molecule has 0 saturated heterocycles. The third-order valence-electron chi connectivity index (χ3n) is 5.31. The van der Waals surface area contributed by atoms with Crippen LogP contribution in [0.25, 0.3) is 10.9 Å². The average Bonchev–Trinajstić information content (AvgIpc) is 3.38. The molecule has 1 amide bonds.